The average molecular weight is 877 g/mol. The Balaban J connectivity index is 1.47. The second-order valence-corrected chi connectivity index (χ2v) is 31.7. The molecule has 0 bridgehead atoms. The molecular formula is C57H61GeN3O. The summed E-state index contributed by atoms with van der Waals surface area (Å²) in [6, 6.07) is 50.4. The molecule has 0 unspecified atom stereocenters. The minimum absolute atomic E-state index is 0.132. The van der Waals surface area contributed by atoms with Gasteiger partial charge in [-0.2, -0.15) is 0 Å². The third kappa shape index (κ3) is 8.42. The summed E-state index contributed by atoms with van der Waals surface area (Å²) in [6.45, 7) is 20.1. The van der Waals surface area contributed by atoms with Gasteiger partial charge in [-0.05, 0) is 23.3 Å². The van der Waals surface area contributed by atoms with Gasteiger partial charge < -0.3 is 0 Å². The number of phenolic OH excluding ortho intramolecular Hbond substituents is 1. The van der Waals surface area contributed by atoms with Crippen LogP contribution in [-0.2, 0) is 16.2 Å². The van der Waals surface area contributed by atoms with Crippen LogP contribution in [0.3, 0.4) is 0 Å². The Labute approximate surface area is 372 Å². The summed E-state index contributed by atoms with van der Waals surface area (Å²) in [5, 5.41) is 12.5. The van der Waals surface area contributed by atoms with Crippen LogP contribution in [0.1, 0.15) is 79.0 Å². The number of hydrogen-bond donors (Lipinski definition) is 1. The fourth-order valence-electron chi connectivity index (χ4n) is 8.38. The normalized spacial score (nSPS) is 12.6. The third-order valence-electron chi connectivity index (χ3n) is 12.2. The summed E-state index contributed by atoms with van der Waals surface area (Å²) in [5.41, 5.74) is 14.9. The molecule has 0 fully saturated rings. The van der Waals surface area contributed by atoms with Gasteiger partial charge in [0.15, 0.2) is 0 Å². The molecule has 0 aliphatic rings. The monoisotopic (exact) mass is 877 g/mol. The second kappa shape index (κ2) is 15.9. The van der Waals surface area contributed by atoms with Crippen molar-refractivity contribution in [2.45, 2.75) is 95.8 Å². The van der Waals surface area contributed by atoms with E-state index in [-0.39, 0.29) is 22.0 Å². The van der Waals surface area contributed by atoms with E-state index in [0.717, 1.165) is 78.0 Å². The van der Waals surface area contributed by atoms with Gasteiger partial charge in [0.05, 0.1) is 0 Å². The van der Waals surface area contributed by atoms with E-state index >= 15 is 0 Å². The summed E-state index contributed by atoms with van der Waals surface area (Å²) >= 11 is -2.28. The molecule has 4 nitrogen and oxygen atoms in total. The molecular weight excluding hydrogens is 815 g/mol. The molecule has 0 atom stereocenters. The molecule has 8 aromatic rings. The van der Waals surface area contributed by atoms with Crippen molar-refractivity contribution in [1.82, 2.24) is 14.5 Å². The van der Waals surface area contributed by atoms with Crippen molar-refractivity contribution in [2.24, 2.45) is 0 Å². The topological polar surface area (TPSA) is 50.9 Å². The zero-order valence-corrected chi connectivity index (χ0v) is 40.7. The quantitative estimate of drug-likeness (QED) is 0.162. The molecule has 0 radical (unpaired) electrons. The van der Waals surface area contributed by atoms with E-state index in [1.165, 1.54) is 9.96 Å². The van der Waals surface area contributed by atoms with Crippen LogP contribution >= 0.6 is 0 Å². The van der Waals surface area contributed by atoms with Crippen LogP contribution in [0.4, 0.5) is 0 Å². The van der Waals surface area contributed by atoms with Gasteiger partial charge >= 0.3 is 288 Å². The van der Waals surface area contributed by atoms with E-state index in [1.54, 1.807) is 0 Å². The van der Waals surface area contributed by atoms with E-state index < -0.39 is 13.3 Å². The number of aromatic nitrogens is 3. The molecule has 314 valence electrons. The fraction of sp³-hybridized carbons (Fsp3) is 0.263. The maximum atomic E-state index is 12.5. The number of benzene rings is 6. The van der Waals surface area contributed by atoms with Gasteiger partial charge in [-0.3, -0.25) is 4.98 Å². The van der Waals surface area contributed by atoms with E-state index in [0.29, 0.717) is 5.82 Å². The van der Waals surface area contributed by atoms with Crippen LogP contribution in [0.25, 0.3) is 72.7 Å². The summed E-state index contributed by atoms with van der Waals surface area (Å²) < 4.78 is 3.75. The number of para-hydroxylation sites is 1. The second-order valence-electron chi connectivity index (χ2n) is 21.1. The molecule has 5 heteroatoms. The Kier molecular flexibility index (Phi) is 11.0. The average Bonchev–Trinajstić information content (AvgIpc) is 3.62. The van der Waals surface area contributed by atoms with E-state index in [4.69, 9.17) is 9.97 Å². The molecule has 2 heterocycles. The zero-order chi connectivity index (χ0) is 44.4. The first kappa shape index (κ1) is 43.0. The van der Waals surface area contributed by atoms with Crippen molar-refractivity contribution in [3.63, 3.8) is 0 Å². The molecule has 0 aliphatic heterocycles. The van der Waals surface area contributed by atoms with Crippen molar-refractivity contribution in [3.05, 3.63) is 162 Å². The van der Waals surface area contributed by atoms with Gasteiger partial charge in [-0.1, -0.05) is 51.1 Å². The van der Waals surface area contributed by atoms with Crippen LogP contribution in [0.15, 0.2) is 146 Å². The molecule has 0 amide bonds. The summed E-state index contributed by atoms with van der Waals surface area (Å²) in [5.74, 6) is 8.34. The van der Waals surface area contributed by atoms with Crippen LogP contribution in [0, 0.1) is 0 Å². The molecule has 6 aromatic carbocycles. The van der Waals surface area contributed by atoms with Crippen LogP contribution in [-0.4, -0.2) is 32.9 Å². The Hall–Kier alpha value is -5.72. The SMILES string of the molecule is CC(C)(C)c1cc(-c2cc(-c3ccccc3)ccn2)cc(-c2cccc3c2nc(-c2cc(C(C)(C)C)cc(C(C)(C)C)c2O)n3-c2cc[c]([Ge]([CH3])([CH3])[CH3])cc2-c2ccccc2)c1. The van der Waals surface area contributed by atoms with Crippen molar-refractivity contribution in [1.29, 1.82) is 0 Å². The zero-order valence-electron chi connectivity index (χ0n) is 38.6. The van der Waals surface area contributed by atoms with E-state index in [1.807, 2.05) is 6.20 Å². The number of nitrogens with zero attached hydrogens (tertiary/aromatic N) is 3. The van der Waals surface area contributed by atoms with Gasteiger partial charge in [0, 0.05) is 6.20 Å². The number of pyridine rings is 1. The van der Waals surface area contributed by atoms with Crippen molar-refractivity contribution >= 4 is 28.7 Å². The standard InChI is InChI=1S/C57H61GeN3O/c1-55(2,3)42-31-40(30-41(32-42)49-33-39(28-29-59-49)37-20-15-13-16-21-37)45-24-19-25-51-52(45)60-54(47-34-43(56(4,5)6)35-48(53(47)62)57(7,8)9)61(51)50-27-26-44(58(10,11)12)36-46(50)38-22-17-14-18-23-38/h13-36,62H,1-12H3. The van der Waals surface area contributed by atoms with Gasteiger partial charge in [-0.15, -0.1) is 0 Å². The summed E-state index contributed by atoms with van der Waals surface area (Å²) in [7, 11) is 0. The van der Waals surface area contributed by atoms with Gasteiger partial charge in [0.1, 0.15) is 0 Å². The maximum absolute atomic E-state index is 12.5. The number of phenols is 1. The minimum atomic E-state index is -2.28. The predicted molar refractivity (Wildman–Crippen MR) is 267 cm³/mol. The Morgan fingerprint density at radius 1 is 0.500 bits per heavy atom. The van der Waals surface area contributed by atoms with Gasteiger partial charge in [0.25, 0.3) is 0 Å². The number of imidazole rings is 1. The number of rotatable bonds is 7. The molecule has 62 heavy (non-hydrogen) atoms. The molecule has 2 aromatic heterocycles. The van der Waals surface area contributed by atoms with Crippen LogP contribution in [0.5, 0.6) is 5.75 Å². The summed E-state index contributed by atoms with van der Waals surface area (Å²) in [4.78, 5) is 10.6. The molecule has 0 aliphatic carbocycles. The number of aromatic hydroxyl groups is 1. The molecule has 1 N–H and O–H groups in total. The van der Waals surface area contributed by atoms with E-state index in [2.05, 4.69) is 224 Å². The van der Waals surface area contributed by atoms with Gasteiger partial charge in [0.2, 0.25) is 0 Å². The Morgan fingerprint density at radius 2 is 1.13 bits per heavy atom. The van der Waals surface area contributed by atoms with Crippen LogP contribution in [0.2, 0.25) is 17.3 Å². The molecule has 0 saturated heterocycles. The molecule has 8 rings (SSSR count). The Bertz CT molecular complexity index is 2930. The van der Waals surface area contributed by atoms with E-state index in [9.17, 15) is 5.11 Å². The fourth-order valence-corrected chi connectivity index (χ4v) is 10.8. The first-order valence-corrected chi connectivity index (χ1v) is 29.3. The van der Waals surface area contributed by atoms with Crippen molar-refractivity contribution in [3.8, 4) is 67.5 Å². The first-order chi connectivity index (χ1) is 29.2. The van der Waals surface area contributed by atoms with Gasteiger partial charge in [-0.25, -0.2) is 0 Å². The number of hydrogen-bond acceptors (Lipinski definition) is 3. The molecule has 0 saturated carbocycles. The predicted octanol–water partition coefficient (Wildman–Crippen LogP) is 14.9. The van der Waals surface area contributed by atoms with Crippen molar-refractivity contribution in [2.75, 3.05) is 0 Å². The summed E-state index contributed by atoms with van der Waals surface area (Å²) in [6.07, 6.45) is 1.92. The van der Waals surface area contributed by atoms with Crippen LogP contribution < -0.4 is 4.40 Å². The first-order valence-electron chi connectivity index (χ1n) is 22.0. The third-order valence-corrected chi connectivity index (χ3v) is 16.5. The molecule has 0 spiro atoms. The Morgan fingerprint density at radius 3 is 1.76 bits per heavy atom. The van der Waals surface area contributed by atoms with Crippen molar-refractivity contribution < 1.29 is 5.11 Å². The number of fused-ring (bicyclic) bond motifs is 1.